The van der Waals surface area contributed by atoms with Crippen LogP contribution in [0.3, 0.4) is 0 Å². The second-order valence-electron chi connectivity index (χ2n) is 5.18. The van der Waals surface area contributed by atoms with E-state index in [0.717, 1.165) is 37.6 Å². The van der Waals surface area contributed by atoms with Gasteiger partial charge in [0.2, 0.25) is 0 Å². The third-order valence-electron chi connectivity index (χ3n) is 3.85. The number of aliphatic hydroxyl groups is 1. The van der Waals surface area contributed by atoms with Gasteiger partial charge in [0.1, 0.15) is 11.6 Å². The molecule has 2 aliphatic rings. The van der Waals surface area contributed by atoms with E-state index in [0.29, 0.717) is 12.5 Å². The molecule has 0 aromatic carbocycles. The predicted molar refractivity (Wildman–Crippen MR) is 63.7 cm³/mol. The Morgan fingerprint density at radius 1 is 1.29 bits per heavy atom. The first-order valence-electron chi connectivity index (χ1n) is 6.65. The van der Waals surface area contributed by atoms with Crippen LogP contribution in [0, 0.1) is 0 Å². The van der Waals surface area contributed by atoms with E-state index in [-0.39, 0.29) is 6.10 Å². The lowest BCUT2D eigenvalue weighted by molar-refractivity contribution is 0.141. The Morgan fingerprint density at radius 3 is 3.06 bits per heavy atom. The van der Waals surface area contributed by atoms with Crippen molar-refractivity contribution in [1.29, 1.82) is 0 Å². The van der Waals surface area contributed by atoms with E-state index in [2.05, 4.69) is 20.1 Å². The number of piperidine rings is 1. The maximum Gasteiger partial charge on any atom is 0.135 e. The maximum atomic E-state index is 9.59. The summed E-state index contributed by atoms with van der Waals surface area (Å²) in [5.41, 5.74) is 0. The highest BCUT2D eigenvalue weighted by Gasteiger charge is 2.23. The topological polar surface area (TPSA) is 63.0 Å². The first-order valence-corrected chi connectivity index (χ1v) is 6.65. The Hall–Kier alpha value is -0.940. The van der Waals surface area contributed by atoms with Gasteiger partial charge >= 0.3 is 0 Å². The fraction of sp³-hybridized carbons (Fsp3) is 0.833. The molecule has 2 unspecified atom stereocenters. The molecule has 0 spiro atoms. The number of aliphatic hydroxyl groups excluding tert-OH is 1. The summed E-state index contributed by atoms with van der Waals surface area (Å²) < 4.78 is 2.20. The van der Waals surface area contributed by atoms with Crippen molar-refractivity contribution >= 4 is 0 Å². The standard InChI is InChI=1S/C12H20N4O/c17-10-4-6-16-11(14-15-12(16)8-10)7-9-3-1-2-5-13-9/h9-10,13,17H,1-8H2. The molecule has 2 aliphatic heterocycles. The average molecular weight is 236 g/mol. The largest absolute Gasteiger partial charge is 0.393 e. The zero-order valence-corrected chi connectivity index (χ0v) is 10.1. The number of hydrogen-bond donors (Lipinski definition) is 2. The molecular weight excluding hydrogens is 216 g/mol. The first kappa shape index (κ1) is 11.2. The number of fused-ring (bicyclic) bond motifs is 1. The van der Waals surface area contributed by atoms with E-state index in [1.54, 1.807) is 0 Å². The Labute approximate surface area is 101 Å². The lowest BCUT2D eigenvalue weighted by Crippen LogP contribution is -2.36. The van der Waals surface area contributed by atoms with Crippen molar-refractivity contribution in [3.05, 3.63) is 11.6 Å². The highest BCUT2D eigenvalue weighted by atomic mass is 16.3. The van der Waals surface area contributed by atoms with Crippen LogP contribution in [0.4, 0.5) is 0 Å². The fourth-order valence-electron chi connectivity index (χ4n) is 2.84. The Morgan fingerprint density at radius 2 is 2.24 bits per heavy atom. The van der Waals surface area contributed by atoms with Gasteiger partial charge in [0.25, 0.3) is 0 Å². The molecule has 5 heteroatoms. The summed E-state index contributed by atoms with van der Waals surface area (Å²) >= 11 is 0. The third-order valence-corrected chi connectivity index (χ3v) is 3.85. The van der Waals surface area contributed by atoms with Gasteiger partial charge in [0.05, 0.1) is 6.10 Å². The van der Waals surface area contributed by atoms with Gasteiger partial charge in [-0.3, -0.25) is 0 Å². The quantitative estimate of drug-likeness (QED) is 0.773. The smallest absolute Gasteiger partial charge is 0.135 e. The molecule has 2 N–H and O–H groups in total. The van der Waals surface area contributed by atoms with Crippen molar-refractivity contribution < 1.29 is 5.11 Å². The third kappa shape index (κ3) is 2.35. The van der Waals surface area contributed by atoms with Crippen LogP contribution in [0.1, 0.15) is 37.3 Å². The highest BCUT2D eigenvalue weighted by molar-refractivity contribution is 5.02. The molecule has 0 aliphatic carbocycles. The van der Waals surface area contributed by atoms with Crippen LogP contribution in [0.15, 0.2) is 0 Å². The maximum absolute atomic E-state index is 9.59. The van der Waals surface area contributed by atoms with E-state index in [1.165, 1.54) is 19.3 Å². The molecule has 0 amide bonds. The van der Waals surface area contributed by atoms with E-state index in [4.69, 9.17) is 0 Å². The van der Waals surface area contributed by atoms with Gasteiger partial charge in [0.15, 0.2) is 0 Å². The van der Waals surface area contributed by atoms with Crippen LogP contribution in [0.5, 0.6) is 0 Å². The van der Waals surface area contributed by atoms with Crippen LogP contribution in [0.25, 0.3) is 0 Å². The van der Waals surface area contributed by atoms with Crippen molar-refractivity contribution in [1.82, 2.24) is 20.1 Å². The van der Waals surface area contributed by atoms with Crippen LogP contribution >= 0.6 is 0 Å². The van der Waals surface area contributed by atoms with Crippen molar-refractivity contribution in [2.45, 2.75) is 57.2 Å². The Balaban J connectivity index is 1.71. The zero-order valence-electron chi connectivity index (χ0n) is 10.1. The fourth-order valence-corrected chi connectivity index (χ4v) is 2.84. The second-order valence-corrected chi connectivity index (χ2v) is 5.18. The molecule has 0 saturated carbocycles. The molecule has 1 aromatic heterocycles. The number of nitrogens with one attached hydrogen (secondary N) is 1. The van der Waals surface area contributed by atoms with Gasteiger partial charge in [-0.25, -0.2) is 0 Å². The van der Waals surface area contributed by atoms with Gasteiger partial charge in [-0.05, 0) is 25.8 Å². The summed E-state index contributed by atoms with van der Waals surface area (Å²) in [6, 6.07) is 0.559. The zero-order chi connectivity index (χ0) is 11.7. The minimum atomic E-state index is -0.229. The molecule has 1 saturated heterocycles. The van der Waals surface area contributed by atoms with Gasteiger partial charge in [-0.2, -0.15) is 0 Å². The van der Waals surface area contributed by atoms with Gasteiger partial charge in [-0.15, -0.1) is 10.2 Å². The number of aromatic nitrogens is 3. The second kappa shape index (κ2) is 4.74. The normalized spacial score (nSPS) is 29.0. The molecule has 1 fully saturated rings. The molecule has 5 nitrogen and oxygen atoms in total. The highest BCUT2D eigenvalue weighted by Crippen LogP contribution is 2.17. The molecule has 0 radical (unpaired) electrons. The van der Waals surface area contributed by atoms with Crippen molar-refractivity contribution in [2.24, 2.45) is 0 Å². The summed E-state index contributed by atoms with van der Waals surface area (Å²) in [6.45, 7) is 2.00. The van der Waals surface area contributed by atoms with Crippen molar-refractivity contribution in [3.63, 3.8) is 0 Å². The van der Waals surface area contributed by atoms with Gasteiger partial charge in [-0.1, -0.05) is 6.42 Å². The van der Waals surface area contributed by atoms with Crippen LogP contribution < -0.4 is 5.32 Å². The number of hydrogen-bond acceptors (Lipinski definition) is 4. The number of nitrogens with zero attached hydrogens (tertiary/aromatic N) is 3. The van der Waals surface area contributed by atoms with E-state index in [9.17, 15) is 5.11 Å². The summed E-state index contributed by atoms with van der Waals surface area (Å²) in [4.78, 5) is 0. The molecule has 0 bridgehead atoms. The summed E-state index contributed by atoms with van der Waals surface area (Å²) in [5.74, 6) is 2.04. The van der Waals surface area contributed by atoms with Crippen molar-refractivity contribution in [2.75, 3.05) is 6.54 Å². The summed E-state index contributed by atoms with van der Waals surface area (Å²) in [5, 5.41) is 21.6. The number of rotatable bonds is 2. The first-order chi connectivity index (χ1) is 8.33. The molecule has 94 valence electrons. The SMILES string of the molecule is OC1CCn2c(nnc2CC2CCCCN2)C1. The van der Waals surface area contributed by atoms with Crippen LogP contribution in [-0.2, 0) is 19.4 Å². The molecule has 2 atom stereocenters. The lowest BCUT2D eigenvalue weighted by Gasteiger charge is -2.24. The van der Waals surface area contributed by atoms with E-state index >= 15 is 0 Å². The Kier molecular flexibility index (Phi) is 3.11. The predicted octanol–water partition coefficient (Wildman–Crippen LogP) is 0.270. The van der Waals surface area contributed by atoms with E-state index < -0.39 is 0 Å². The summed E-state index contributed by atoms with van der Waals surface area (Å²) in [7, 11) is 0. The minimum Gasteiger partial charge on any atom is -0.393 e. The lowest BCUT2D eigenvalue weighted by atomic mass is 10.0. The van der Waals surface area contributed by atoms with Crippen molar-refractivity contribution in [3.8, 4) is 0 Å². The average Bonchev–Trinajstić information content (AvgIpc) is 2.73. The molecule has 1 aromatic rings. The summed E-state index contributed by atoms with van der Waals surface area (Å²) in [6.07, 6.45) is 6.08. The van der Waals surface area contributed by atoms with E-state index in [1.807, 2.05) is 0 Å². The van der Waals surface area contributed by atoms with Gasteiger partial charge in [0, 0.05) is 25.4 Å². The minimum absolute atomic E-state index is 0.229. The molecule has 3 rings (SSSR count). The monoisotopic (exact) mass is 236 g/mol. The molecule has 17 heavy (non-hydrogen) atoms. The Bertz CT molecular complexity index is 384. The van der Waals surface area contributed by atoms with Crippen LogP contribution in [0.2, 0.25) is 0 Å². The molecule has 3 heterocycles. The molecular formula is C12H20N4O. The van der Waals surface area contributed by atoms with Gasteiger partial charge < -0.3 is 15.0 Å². The van der Waals surface area contributed by atoms with Crippen LogP contribution in [-0.4, -0.2) is 38.6 Å².